The Balaban J connectivity index is 1.43. The number of amides is 1. The number of nitrogens with one attached hydrogen (secondary N) is 1. The van der Waals surface area contributed by atoms with Gasteiger partial charge in [-0.05, 0) is 56.5 Å². The number of hydrogen-bond acceptors (Lipinski definition) is 3. The first-order valence-corrected chi connectivity index (χ1v) is 10.00. The third-order valence-corrected chi connectivity index (χ3v) is 5.45. The molecule has 0 radical (unpaired) electrons. The van der Waals surface area contributed by atoms with Gasteiger partial charge in [0.25, 0.3) is 11.7 Å². The van der Waals surface area contributed by atoms with E-state index in [1.54, 1.807) is 0 Å². The van der Waals surface area contributed by atoms with Crippen molar-refractivity contribution in [1.29, 1.82) is 0 Å². The minimum atomic E-state index is -4.92. The van der Waals surface area contributed by atoms with Crippen molar-refractivity contribution in [2.24, 2.45) is 5.92 Å². The molecule has 2 aromatic rings. The zero-order valence-electron chi connectivity index (χ0n) is 16.8. The first-order valence-electron chi connectivity index (χ1n) is 10.00. The molecule has 0 aromatic heterocycles. The molecule has 1 fully saturated rings. The molecule has 30 heavy (non-hydrogen) atoms. The van der Waals surface area contributed by atoms with E-state index in [0.29, 0.717) is 12.5 Å². The van der Waals surface area contributed by atoms with E-state index in [4.69, 9.17) is 0 Å². The van der Waals surface area contributed by atoms with Crippen LogP contribution in [-0.2, 0) is 6.54 Å². The van der Waals surface area contributed by atoms with Crippen LogP contribution in [0.1, 0.15) is 44.7 Å². The number of Topliss-reactive ketones (excluding diaryl/α,β-unsaturated/α-hetero) is 1. The van der Waals surface area contributed by atoms with Gasteiger partial charge < -0.3 is 5.32 Å². The molecule has 0 atom stereocenters. The molecule has 1 amide bonds. The second kappa shape index (κ2) is 9.43. The van der Waals surface area contributed by atoms with E-state index in [2.05, 4.69) is 41.4 Å². The summed E-state index contributed by atoms with van der Waals surface area (Å²) in [6.45, 7) is 5.44. The monoisotopic (exact) mass is 418 g/mol. The van der Waals surface area contributed by atoms with E-state index in [9.17, 15) is 22.8 Å². The van der Waals surface area contributed by atoms with Crippen LogP contribution in [0, 0.1) is 12.8 Å². The number of alkyl halides is 3. The predicted molar refractivity (Wildman–Crippen MR) is 108 cm³/mol. The second-order valence-corrected chi connectivity index (χ2v) is 7.82. The lowest BCUT2D eigenvalue weighted by Crippen LogP contribution is -2.38. The number of rotatable bonds is 6. The molecular formula is C23H25F3N2O2. The van der Waals surface area contributed by atoms with Crippen LogP contribution in [-0.4, -0.2) is 42.4 Å². The van der Waals surface area contributed by atoms with E-state index < -0.39 is 17.5 Å². The zero-order chi connectivity index (χ0) is 21.7. The van der Waals surface area contributed by atoms with Crippen LogP contribution in [0.25, 0.3) is 0 Å². The van der Waals surface area contributed by atoms with Gasteiger partial charge >= 0.3 is 6.18 Å². The molecule has 7 heteroatoms. The van der Waals surface area contributed by atoms with Crippen molar-refractivity contribution in [3.05, 3.63) is 70.8 Å². The summed E-state index contributed by atoms with van der Waals surface area (Å²) in [6, 6.07) is 13.1. The highest BCUT2D eigenvalue weighted by molar-refractivity contribution is 6.01. The summed E-state index contributed by atoms with van der Waals surface area (Å²) in [5, 5.41) is 2.85. The van der Waals surface area contributed by atoms with Crippen LogP contribution in [0.4, 0.5) is 13.2 Å². The summed E-state index contributed by atoms with van der Waals surface area (Å²) in [5.74, 6) is -1.88. The fourth-order valence-corrected chi connectivity index (χ4v) is 3.58. The SMILES string of the molecule is Cc1ccc(CN2CCC(CNC(=O)c3ccc(C(=O)C(F)(F)F)cc3)CC2)cc1. The molecule has 0 spiro atoms. The molecule has 1 N–H and O–H groups in total. The van der Waals surface area contributed by atoms with Gasteiger partial charge in [-0.3, -0.25) is 14.5 Å². The van der Waals surface area contributed by atoms with Crippen LogP contribution < -0.4 is 5.32 Å². The minimum Gasteiger partial charge on any atom is -0.352 e. The lowest BCUT2D eigenvalue weighted by molar-refractivity contribution is -0.0885. The Labute approximate surface area is 174 Å². The number of carbonyl (C=O) groups excluding carboxylic acids is 2. The number of halogens is 3. The Morgan fingerprint density at radius 3 is 2.10 bits per heavy atom. The maximum Gasteiger partial charge on any atom is 0.454 e. The second-order valence-electron chi connectivity index (χ2n) is 7.82. The lowest BCUT2D eigenvalue weighted by Gasteiger charge is -2.32. The highest BCUT2D eigenvalue weighted by atomic mass is 19.4. The average Bonchev–Trinajstić information content (AvgIpc) is 2.73. The Bertz CT molecular complexity index is 869. The molecule has 1 aliphatic heterocycles. The van der Waals surface area contributed by atoms with Crippen molar-refractivity contribution in [2.45, 2.75) is 32.5 Å². The van der Waals surface area contributed by atoms with E-state index >= 15 is 0 Å². The van der Waals surface area contributed by atoms with Gasteiger partial charge in [-0.25, -0.2) is 0 Å². The number of piperidine rings is 1. The first-order chi connectivity index (χ1) is 14.2. The molecule has 1 saturated heterocycles. The molecule has 160 valence electrons. The van der Waals surface area contributed by atoms with Gasteiger partial charge in [0, 0.05) is 24.2 Å². The average molecular weight is 418 g/mol. The normalized spacial score (nSPS) is 15.7. The highest BCUT2D eigenvalue weighted by Crippen LogP contribution is 2.22. The van der Waals surface area contributed by atoms with Crippen molar-refractivity contribution < 1.29 is 22.8 Å². The lowest BCUT2D eigenvalue weighted by atomic mass is 9.96. The van der Waals surface area contributed by atoms with Gasteiger partial charge in [0.1, 0.15) is 0 Å². The fourth-order valence-electron chi connectivity index (χ4n) is 3.58. The van der Waals surface area contributed by atoms with Crippen LogP contribution >= 0.6 is 0 Å². The third kappa shape index (κ3) is 5.92. The molecule has 0 aliphatic carbocycles. The summed E-state index contributed by atoms with van der Waals surface area (Å²) in [6.07, 6.45) is -2.96. The van der Waals surface area contributed by atoms with Crippen LogP contribution in [0.3, 0.4) is 0 Å². The fraction of sp³-hybridized carbons (Fsp3) is 0.391. The quantitative estimate of drug-likeness (QED) is 0.709. The van der Waals surface area contributed by atoms with Crippen molar-refractivity contribution in [3.8, 4) is 0 Å². The van der Waals surface area contributed by atoms with Crippen LogP contribution in [0.5, 0.6) is 0 Å². The molecule has 0 unspecified atom stereocenters. The molecule has 0 bridgehead atoms. The van der Waals surface area contributed by atoms with Crippen molar-refractivity contribution >= 4 is 11.7 Å². The zero-order valence-corrected chi connectivity index (χ0v) is 16.8. The Kier molecular flexibility index (Phi) is 6.92. The Morgan fingerprint density at radius 2 is 1.53 bits per heavy atom. The number of carbonyl (C=O) groups is 2. The number of ketones is 1. The van der Waals surface area contributed by atoms with Crippen molar-refractivity contribution in [2.75, 3.05) is 19.6 Å². The van der Waals surface area contributed by atoms with E-state index in [1.165, 1.54) is 23.3 Å². The summed E-state index contributed by atoms with van der Waals surface area (Å²) in [5.41, 5.74) is 2.31. The number of likely N-dealkylation sites (tertiary alicyclic amines) is 1. The van der Waals surface area contributed by atoms with E-state index in [0.717, 1.165) is 44.6 Å². The smallest absolute Gasteiger partial charge is 0.352 e. The molecule has 1 heterocycles. The molecule has 0 saturated carbocycles. The summed E-state index contributed by atoms with van der Waals surface area (Å²) in [4.78, 5) is 25.9. The van der Waals surface area contributed by atoms with Gasteiger partial charge in [0.05, 0.1) is 0 Å². The van der Waals surface area contributed by atoms with Crippen molar-refractivity contribution in [3.63, 3.8) is 0 Å². The maximum absolute atomic E-state index is 12.5. The topological polar surface area (TPSA) is 49.4 Å². The van der Waals surface area contributed by atoms with Crippen LogP contribution in [0.2, 0.25) is 0 Å². The van der Waals surface area contributed by atoms with E-state index in [1.807, 2.05) is 0 Å². The number of aryl methyl sites for hydroxylation is 1. The van der Waals surface area contributed by atoms with Crippen LogP contribution in [0.15, 0.2) is 48.5 Å². The largest absolute Gasteiger partial charge is 0.454 e. The minimum absolute atomic E-state index is 0.241. The summed E-state index contributed by atoms with van der Waals surface area (Å²) < 4.78 is 37.4. The number of benzene rings is 2. The summed E-state index contributed by atoms with van der Waals surface area (Å²) in [7, 11) is 0. The molecular weight excluding hydrogens is 393 g/mol. The molecule has 4 nitrogen and oxygen atoms in total. The Morgan fingerprint density at radius 1 is 0.967 bits per heavy atom. The van der Waals surface area contributed by atoms with Gasteiger partial charge in [0.15, 0.2) is 0 Å². The third-order valence-electron chi connectivity index (χ3n) is 5.45. The molecule has 2 aromatic carbocycles. The standard InChI is InChI=1S/C23H25F3N2O2/c1-16-2-4-18(5-3-16)15-28-12-10-17(11-13-28)14-27-22(30)20-8-6-19(7-9-20)21(29)23(24,25)26/h2-9,17H,10-15H2,1H3,(H,27,30). The van der Waals surface area contributed by atoms with E-state index in [-0.39, 0.29) is 11.5 Å². The first kappa shape index (κ1) is 22.0. The van der Waals surface area contributed by atoms with Gasteiger partial charge in [-0.15, -0.1) is 0 Å². The van der Waals surface area contributed by atoms with Gasteiger partial charge in [0.2, 0.25) is 0 Å². The van der Waals surface area contributed by atoms with Crippen molar-refractivity contribution in [1.82, 2.24) is 10.2 Å². The maximum atomic E-state index is 12.5. The molecule has 3 rings (SSSR count). The van der Waals surface area contributed by atoms with Gasteiger partial charge in [-0.2, -0.15) is 13.2 Å². The highest BCUT2D eigenvalue weighted by Gasteiger charge is 2.39. The predicted octanol–water partition coefficient (Wildman–Crippen LogP) is 4.38. The molecule has 1 aliphatic rings. The summed E-state index contributed by atoms with van der Waals surface area (Å²) >= 11 is 0. The Hall–Kier alpha value is -2.67. The number of nitrogens with zero attached hydrogens (tertiary/aromatic N) is 1. The number of hydrogen-bond donors (Lipinski definition) is 1. The van der Waals surface area contributed by atoms with Gasteiger partial charge in [-0.1, -0.05) is 42.0 Å².